The summed E-state index contributed by atoms with van der Waals surface area (Å²) in [6.45, 7) is 2.75. The molecule has 4 heteroatoms. The molecule has 0 saturated heterocycles. The Balaban J connectivity index is 3.13. The minimum absolute atomic E-state index is 0.174. The molecule has 0 saturated carbocycles. The first-order valence-corrected chi connectivity index (χ1v) is 4.67. The molecule has 86 valence electrons. The zero-order chi connectivity index (χ0) is 12.3. The number of carbonyl (C=O) groups excluding carboxylic acids is 1. The van der Waals surface area contributed by atoms with Gasteiger partial charge >= 0.3 is 6.18 Å². The summed E-state index contributed by atoms with van der Waals surface area (Å²) in [5, 5.41) is 0. The van der Waals surface area contributed by atoms with Gasteiger partial charge in [-0.25, -0.2) is 0 Å². The van der Waals surface area contributed by atoms with E-state index in [1.165, 1.54) is 32.1 Å². The average Bonchev–Trinajstić information content (AvgIpc) is 2.14. The van der Waals surface area contributed by atoms with E-state index in [4.69, 9.17) is 0 Å². The molecule has 0 aliphatic heterocycles. The lowest BCUT2D eigenvalue weighted by Gasteiger charge is -2.10. The van der Waals surface area contributed by atoms with Crippen LogP contribution in [0.3, 0.4) is 0 Å². The normalized spacial score (nSPS) is 12.1. The van der Waals surface area contributed by atoms with Crippen molar-refractivity contribution in [3.8, 4) is 0 Å². The molecule has 0 spiro atoms. The number of carbonyl (C=O) groups is 1. The number of benzene rings is 1. The van der Waals surface area contributed by atoms with Crippen LogP contribution in [-0.4, -0.2) is 5.78 Å². The van der Waals surface area contributed by atoms with Crippen LogP contribution in [0.4, 0.5) is 13.2 Å². The smallest absolute Gasteiger partial charge is 0.295 e. The SMILES string of the molecule is CC(=O)/C=C/c1ccc(C)c(C(F)(F)F)c1. The fraction of sp³-hybridized carbons (Fsp3) is 0.250. The lowest BCUT2D eigenvalue weighted by atomic mass is 10.0. The van der Waals surface area contributed by atoms with Crippen LogP contribution in [0.25, 0.3) is 6.08 Å². The largest absolute Gasteiger partial charge is 0.416 e. The Kier molecular flexibility index (Phi) is 3.52. The molecule has 0 bridgehead atoms. The Hall–Kier alpha value is -1.58. The maximum absolute atomic E-state index is 12.5. The van der Waals surface area contributed by atoms with E-state index in [1.807, 2.05) is 0 Å². The van der Waals surface area contributed by atoms with Gasteiger partial charge < -0.3 is 0 Å². The molecule has 0 fully saturated rings. The van der Waals surface area contributed by atoms with Crippen LogP contribution in [0.5, 0.6) is 0 Å². The zero-order valence-corrected chi connectivity index (χ0v) is 8.93. The van der Waals surface area contributed by atoms with Gasteiger partial charge in [-0.2, -0.15) is 13.2 Å². The summed E-state index contributed by atoms with van der Waals surface area (Å²) >= 11 is 0. The number of halogens is 3. The van der Waals surface area contributed by atoms with Gasteiger partial charge in [0.25, 0.3) is 0 Å². The van der Waals surface area contributed by atoms with E-state index in [2.05, 4.69) is 0 Å². The van der Waals surface area contributed by atoms with E-state index in [-0.39, 0.29) is 11.3 Å². The van der Waals surface area contributed by atoms with Crippen molar-refractivity contribution >= 4 is 11.9 Å². The highest BCUT2D eigenvalue weighted by molar-refractivity contribution is 5.91. The van der Waals surface area contributed by atoms with Crippen molar-refractivity contribution in [3.63, 3.8) is 0 Å². The van der Waals surface area contributed by atoms with Gasteiger partial charge in [0, 0.05) is 0 Å². The molecule has 0 heterocycles. The summed E-state index contributed by atoms with van der Waals surface area (Å²) in [7, 11) is 0. The first-order valence-electron chi connectivity index (χ1n) is 4.67. The van der Waals surface area contributed by atoms with Gasteiger partial charge in [0.05, 0.1) is 5.56 Å². The lowest BCUT2D eigenvalue weighted by Crippen LogP contribution is -2.07. The number of allylic oxidation sites excluding steroid dienone is 1. The van der Waals surface area contributed by atoms with E-state index < -0.39 is 11.7 Å². The molecule has 1 aromatic carbocycles. The quantitative estimate of drug-likeness (QED) is 0.706. The third-order valence-electron chi connectivity index (χ3n) is 2.08. The summed E-state index contributed by atoms with van der Waals surface area (Å²) in [4.78, 5) is 10.7. The molecule has 1 rings (SSSR count). The maximum atomic E-state index is 12.5. The van der Waals surface area contributed by atoms with Gasteiger partial charge in [0.15, 0.2) is 5.78 Å². The number of rotatable bonds is 2. The molecule has 0 aromatic heterocycles. The molecule has 0 radical (unpaired) electrons. The Bertz CT molecular complexity index is 430. The van der Waals surface area contributed by atoms with Gasteiger partial charge in [0.2, 0.25) is 0 Å². The average molecular weight is 228 g/mol. The highest BCUT2D eigenvalue weighted by Gasteiger charge is 2.32. The fourth-order valence-electron chi connectivity index (χ4n) is 1.26. The Morgan fingerprint density at radius 1 is 1.31 bits per heavy atom. The van der Waals surface area contributed by atoms with Gasteiger partial charge in [-0.05, 0) is 37.1 Å². The molecule has 1 aromatic rings. The third-order valence-corrected chi connectivity index (χ3v) is 2.08. The Labute approximate surface area is 91.6 Å². The van der Waals surface area contributed by atoms with Crippen LogP contribution in [0.2, 0.25) is 0 Å². The van der Waals surface area contributed by atoms with Crippen molar-refractivity contribution in [2.45, 2.75) is 20.0 Å². The number of aryl methyl sites for hydroxylation is 1. The topological polar surface area (TPSA) is 17.1 Å². The zero-order valence-electron chi connectivity index (χ0n) is 8.93. The molecule has 0 amide bonds. The van der Waals surface area contributed by atoms with Crippen LogP contribution in [-0.2, 0) is 11.0 Å². The monoisotopic (exact) mass is 228 g/mol. The second kappa shape index (κ2) is 4.51. The third kappa shape index (κ3) is 3.22. The predicted octanol–water partition coefficient (Wildman–Crippen LogP) is 3.62. The Morgan fingerprint density at radius 3 is 2.44 bits per heavy atom. The highest BCUT2D eigenvalue weighted by atomic mass is 19.4. The Morgan fingerprint density at radius 2 is 1.94 bits per heavy atom. The second-order valence-electron chi connectivity index (χ2n) is 3.52. The van der Waals surface area contributed by atoms with Crippen molar-refractivity contribution in [1.82, 2.24) is 0 Å². The van der Waals surface area contributed by atoms with Crippen molar-refractivity contribution in [2.75, 3.05) is 0 Å². The lowest BCUT2D eigenvalue weighted by molar-refractivity contribution is -0.138. The molecule has 16 heavy (non-hydrogen) atoms. The number of hydrogen-bond donors (Lipinski definition) is 0. The minimum atomic E-state index is -4.36. The maximum Gasteiger partial charge on any atom is 0.416 e. The first kappa shape index (κ1) is 12.5. The van der Waals surface area contributed by atoms with E-state index in [1.54, 1.807) is 6.07 Å². The molecule has 0 unspecified atom stereocenters. The first-order chi connectivity index (χ1) is 7.30. The van der Waals surface area contributed by atoms with E-state index in [0.29, 0.717) is 5.56 Å². The van der Waals surface area contributed by atoms with Crippen LogP contribution < -0.4 is 0 Å². The molecule has 0 aliphatic carbocycles. The molecule has 0 aliphatic rings. The van der Waals surface area contributed by atoms with E-state index in [0.717, 1.165) is 6.07 Å². The highest BCUT2D eigenvalue weighted by Crippen LogP contribution is 2.32. The van der Waals surface area contributed by atoms with Crippen LogP contribution in [0.1, 0.15) is 23.6 Å². The van der Waals surface area contributed by atoms with Crippen LogP contribution in [0, 0.1) is 6.92 Å². The summed E-state index contributed by atoms with van der Waals surface area (Å²) < 4.78 is 37.6. The predicted molar refractivity (Wildman–Crippen MR) is 55.9 cm³/mol. The number of alkyl halides is 3. The summed E-state index contributed by atoms with van der Waals surface area (Å²) in [5.41, 5.74) is -0.126. The van der Waals surface area contributed by atoms with Crippen molar-refractivity contribution in [2.24, 2.45) is 0 Å². The standard InChI is InChI=1S/C12H11F3O/c1-8-3-5-10(6-4-9(2)16)7-11(8)12(13,14)15/h3-7H,1-2H3/b6-4+. The van der Waals surface area contributed by atoms with Crippen molar-refractivity contribution in [1.29, 1.82) is 0 Å². The van der Waals surface area contributed by atoms with E-state index >= 15 is 0 Å². The summed E-state index contributed by atoms with van der Waals surface area (Å²) in [6, 6.07) is 3.97. The van der Waals surface area contributed by atoms with Crippen molar-refractivity contribution in [3.05, 3.63) is 41.0 Å². The molecule has 0 atom stereocenters. The second-order valence-corrected chi connectivity index (χ2v) is 3.52. The van der Waals surface area contributed by atoms with Gasteiger partial charge in [-0.3, -0.25) is 4.79 Å². The molecule has 0 N–H and O–H groups in total. The van der Waals surface area contributed by atoms with Crippen LogP contribution >= 0.6 is 0 Å². The van der Waals surface area contributed by atoms with Gasteiger partial charge in [-0.1, -0.05) is 18.2 Å². The number of ketones is 1. The molecular weight excluding hydrogens is 217 g/mol. The molecule has 1 nitrogen and oxygen atoms in total. The van der Waals surface area contributed by atoms with Gasteiger partial charge in [0.1, 0.15) is 0 Å². The van der Waals surface area contributed by atoms with E-state index in [9.17, 15) is 18.0 Å². The minimum Gasteiger partial charge on any atom is -0.295 e. The number of hydrogen-bond acceptors (Lipinski definition) is 1. The summed E-state index contributed by atoms with van der Waals surface area (Å²) in [6.07, 6.45) is -1.74. The molecular formula is C12H11F3O. The van der Waals surface area contributed by atoms with Crippen LogP contribution in [0.15, 0.2) is 24.3 Å². The van der Waals surface area contributed by atoms with Gasteiger partial charge in [-0.15, -0.1) is 0 Å². The van der Waals surface area contributed by atoms with Crippen molar-refractivity contribution < 1.29 is 18.0 Å². The fourth-order valence-corrected chi connectivity index (χ4v) is 1.26. The summed E-state index contributed by atoms with van der Waals surface area (Å²) in [5.74, 6) is -0.200.